The fourth-order valence-corrected chi connectivity index (χ4v) is 1.17. The zero-order chi connectivity index (χ0) is 9.90. The van der Waals surface area contributed by atoms with Crippen molar-refractivity contribution in [2.24, 2.45) is 5.73 Å². The third-order valence-electron chi connectivity index (χ3n) is 1.87. The molecule has 0 bridgehead atoms. The Kier molecular flexibility index (Phi) is 3.27. The van der Waals surface area contributed by atoms with E-state index in [1.807, 2.05) is 0 Å². The lowest BCUT2D eigenvalue weighted by molar-refractivity contribution is 0.491. The second-order valence-corrected chi connectivity index (χ2v) is 4.93. The normalized spacial score (nSPS) is 12.0. The van der Waals surface area contributed by atoms with Crippen LogP contribution in [0.1, 0.15) is 19.7 Å². The number of rotatable bonds is 4. The summed E-state index contributed by atoms with van der Waals surface area (Å²) in [6.45, 7) is 5.48. The van der Waals surface area contributed by atoms with Crippen molar-refractivity contribution in [1.29, 1.82) is 0 Å². The molecule has 0 radical (unpaired) electrons. The molecule has 0 fully saturated rings. The van der Waals surface area contributed by atoms with Crippen LogP contribution in [-0.2, 0) is 13.1 Å². The van der Waals surface area contributed by atoms with E-state index in [2.05, 4.69) is 35.6 Å². The highest BCUT2D eigenvalue weighted by molar-refractivity contribution is 7.99. The van der Waals surface area contributed by atoms with Crippen molar-refractivity contribution in [2.45, 2.75) is 31.7 Å². The van der Waals surface area contributed by atoms with Gasteiger partial charge in [0.1, 0.15) is 0 Å². The van der Waals surface area contributed by atoms with Gasteiger partial charge in [0.05, 0.1) is 13.1 Å². The minimum atomic E-state index is 0.138. The summed E-state index contributed by atoms with van der Waals surface area (Å²) in [5, 5.41) is 11.3. The molecule has 0 aliphatic heterocycles. The van der Waals surface area contributed by atoms with Gasteiger partial charge < -0.3 is 5.73 Å². The van der Waals surface area contributed by atoms with Crippen molar-refractivity contribution in [3.05, 3.63) is 5.82 Å². The first-order valence-corrected chi connectivity index (χ1v) is 5.32. The van der Waals surface area contributed by atoms with Crippen molar-refractivity contribution in [1.82, 2.24) is 20.2 Å². The van der Waals surface area contributed by atoms with E-state index in [-0.39, 0.29) is 4.75 Å². The minimum Gasteiger partial charge on any atom is -0.324 e. The average molecular weight is 201 g/mol. The molecule has 0 spiro atoms. The fourth-order valence-electron chi connectivity index (χ4n) is 0.917. The molecule has 0 aliphatic carbocycles. The monoisotopic (exact) mass is 201 g/mol. The first kappa shape index (κ1) is 10.5. The van der Waals surface area contributed by atoms with Crippen molar-refractivity contribution >= 4 is 11.8 Å². The molecule has 2 N–H and O–H groups in total. The summed E-state index contributed by atoms with van der Waals surface area (Å²) in [6.07, 6.45) is 2.08. The van der Waals surface area contributed by atoms with Crippen LogP contribution in [0.2, 0.25) is 0 Å². The maximum atomic E-state index is 5.49. The lowest BCUT2D eigenvalue weighted by Gasteiger charge is -2.21. The summed E-state index contributed by atoms with van der Waals surface area (Å²) < 4.78 is 1.90. The Balaban J connectivity index is 2.73. The number of nitrogens with zero attached hydrogens (tertiary/aromatic N) is 4. The SMILES string of the molecule is CSC(C)(C)Cn1nnnc1CN. The molecule has 1 aromatic heterocycles. The van der Waals surface area contributed by atoms with Crippen LogP contribution in [-0.4, -0.2) is 31.2 Å². The Bertz CT molecular complexity index is 270. The van der Waals surface area contributed by atoms with Crippen molar-refractivity contribution < 1.29 is 0 Å². The first-order valence-electron chi connectivity index (χ1n) is 4.09. The number of hydrogen-bond donors (Lipinski definition) is 1. The molecule has 0 aromatic carbocycles. The molecule has 5 nitrogen and oxygen atoms in total. The zero-order valence-corrected chi connectivity index (χ0v) is 9.01. The summed E-state index contributed by atoms with van der Waals surface area (Å²) in [6, 6.07) is 0. The van der Waals surface area contributed by atoms with Crippen molar-refractivity contribution in [3.63, 3.8) is 0 Å². The fraction of sp³-hybridized carbons (Fsp3) is 0.857. The number of aromatic nitrogens is 4. The zero-order valence-electron chi connectivity index (χ0n) is 8.19. The largest absolute Gasteiger partial charge is 0.324 e. The number of thioether (sulfide) groups is 1. The molecule has 0 aliphatic rings. The smallest absolute Gasteiger partial charge is 0.164 e. The predicted molar refractivity (Wildman–Crippen MR) is 53.3 cm³/mol. The van der Waals surface area contributed by atoms with Crippen LogP contribution in [0.25, 0.3) is 0 Å². The molecule has 74 valence electrons. The molecule has 0 unspecified atom stereocenters. The Hall–Kier alpha value is -0.620. The van der Waals surface area contributed by atoms with Crippen LogP contribution in [0.15, 0.2) is 0 Å². The van der Waals surface area contributed by atoms with Gasteiger partial charge >= 0.3 is 0 Å². The van der Waals surface area contributed by atoms with Gasteiger partial charge in [-0.3, -0.25) is 0 Å². The summed E-state index contributed by atoms with van der Waals surface area (Å²) in [7, 11) is 0. The second kappa shape index (κ2) is 4.06. The van der Waals surface area contributed by atoms with Crippen LogP contribution in [0.4, 0.5) is 0 Å². The number of nitrogens with two attached hydrogens (primary N) is 1. The summed E-state index contributed by atoms with van der Waals surface area (Å²) >= 11 is 1.79. The predicted octanol–water partition coefficient (Wildman–Crippen LogP) is 0.273. The van der Waals surface area contributed by atoms with E-state index in [0.717, 1.165) is 12.4 Å². The third kappa shape index (κ3) is 2.67. The molecule has 0 saturated carbocycles. The first-order chi connectivity index (χ1) is 6.09. The Morgan fingerprint density at radius 3 is 2.77 bits per heavy atom. The highest BCUT2D eigenvalue weighted by Gasteiger charge is 2.19. The van der Waals surface area contributed by atoms with E-state index in [1.54, 1.807) is 16.4 Å². The van der Waals surface area contributed by atoms with E-state index in [1.165, 1.54) is 0 Å². The van der Waals surface area contributed by atoms with Gasteiger partial charge in [-0.05, 0) is 30.5 Å². The number of hydrogen-bond acceptors (Lipinski definition) is 5. The molecule has 0 atom stereocenters. The van der Waals surface area contributed by atoms with Gasteiger partial charge in [0, 0.05) is 4.75 Å². The highest BCUT2D eigenvalue weighted by Crippen LogP contribution is 2.22. The lowest BCUT2D eigenvalue weighted by Crippen LogP contribution is -2.25. The van der Waals surface area contributed by atoms with E-state index in [0.29, 0.717) is 6.54 Å². The van der Waals surface area contributed by atoms with E-state index < -0.39 is 0 Å². The summed E-state index contributed by atoms with van der Waals surface area (Å²) in [5.74, 6) is 0.738. The molecule has 1 aromatic rings. The van der Waals surface area contributed by atoms with E-state index in [9.17, 15) is 0 Å². The molecule has 1 rings (SSSR count). The van der Waals surface area contributed by atoms with Crippen LogP contribution in [0.5, 0.6) is 0 Å². The second-order valence-electron chi connectivity index (χ2n) is 3.42. The van der Waals surface area contributed by atoms with Gasteiger partial charge in [0.2, 0.25) is 0 Å². The quantitative estimate of drug-likeness (QED) is 0.757. The van der Waals surface area contributed by atoms with Gasteiger partial charge in [0.25, 0.3) is 0 Å². The van der Waals surface area contributed by atoms with Crippen LogP contribution in [0, 0.1) is 0 Å². The molecular weight excluding hydrogens is 186 g/mol. The average Bonchev–Trinajstić information content (AvgIpc) is 2.51. The highest BCUT2D eigenvalue weighted by atomic mass is 32.2. The van der Waals surface area contributed by atoms with Gasteiger partial charge in [-0.1, -0.05) is 0 Å². The van der Waals surface area contributed by atoms with Crippen LogP contribution >= 0.6 is 11.8 Å². The third-order valence-corrected chi connectivity index (χ3v) is 3.11. The molecule has 0 saturated heterocycles. The van der Waals surface area contributed by atoms with Gasteiger partial charge in [-0.2, -0.15) is 11.8 Å². The minimum absolute atomic E-state index is 0.138. The van der Waals surface area contributed by atoms with Crippen LogP contribution < -0.4 is 5.73 Å². The standard InChI is InChI=1S/C7H15N5S/c1-7(2,13-3)5-12-6(4-8)9-10-11-12/h4-5,8H2,1-3H3. The van der Waals surface area contributed by atoms with E-state index in [4.69, 9.17) is 5.73 Å². The lowest BCUT2D eigenvalue weighted by atomic mass is 10.2. The van der Waals surface area contributed by atoms with E-state index >= 15 is 0 Å². The van der Waals surface area contributed by atoms with Crippen LogP contribution in [0.3, 0.4) is 0 Å². The molecule has 6 heteroatoms. The molecule has 13 heavy (non-hydrogen) atoms. The maximum Gasteiger partial charge on any atom is 0.164 e. The van der Waals surface area contributed by atoms with Gasteiger partial charge in [-0.25, -0.2) is 4.68 Å². The Morgan fingerprint density at radius 1 is 1.54 bits per heavy atom. The Morgan fingerprint density at radius 2 is 2.23 bits per heavy atom. The Labute approximate surface area is 82.1 Å². The topological polar surface area (TPSA) is 69.6 Å². The maximum absolute atomic E-state index is 5.49. The van der Waals surface area contributed by atoms with Crippen molar-refractivity contribution in [3.8, 4) is 0 Å². The molecule has 0 amide bonds. The summed E-state index contributed by atoms with van der Waals surface area (Å²) in [4.78, 5) is 0. The summed E-state index contributed by atoms with van der Waals surface area (Å²) in [5.41, 5.74) is 5.49. The molecular formula is C7H15N5S. The van der Waals surface area contributed by atoms with Gasteiger partial charge in [0.15, 0.2) is 5.82 Å². The molecule has 1 heterocycles. The van der Waals surface area contributed by atoms with Crippen molar-refractivity contribution in [2.75, 3.05) is 6.26 Å². The van der Waals surface area contributed by atoms with Gasteiger partial charge in [-0.15, -0.1) is 5.10 Å². The number of tetrazole rings is 1.